The molecule has 4 nitrogen and oxygen atoms in total. The molecule has 0 atom stereocenters. The van der Waals surface area contributed by atoms with E-state index in [0.717, 1.165) is 5.69 Å². The molecule has 1 aromatic heterocycles. The summed E-state index contributed by atoms with van der Waals surface area (Å²) in [4.78, 5) is 16.8. The van der Waals surface area contributed by atoms with E-state index in [1.807, 2.05) is 12.1 Å². The summed E-state index contributed by atoms with van der Waals surface area (Å²) in [5, 5.41) is 2.63. The molecule has 0 bridgehead atoms. The summed E-state index contributed by atoms with van der Waals surface area (Å²) in [6, 6.07) is 3.71. The van der Waals surface area contributed by atoms with Gasteiger partial charge >= 0.3 is 0 Å². The van der Waals surface area contributed by atoms with E-state index in [4.69, 9.17) is 0 Å². The van der Waals surface area contributed by atoms with Crippen LogP contribution in [-0.4, -0.2) is 17.4 Å². The van der Waals surface area contributed by atoms with Crippen LogP contribution in [0.5, 0.6) is 0 Å². The Morgan fingerprint density at radius 3 is 3.00 bits per heavy atom. The van der Waals surface area contributed by atoms with Gasteiger partial charge < -0.3 is 10.2 Å². The summed E-state index contributed by atoms with van der Waals surface area (Å²) in [6.45, 7) is 4.05. The van der Waals surface area contributed by atoms with E-state index >= 15 is 0 Å². The molecule has 2 rings (SSSR count). The molecule has 0 radical (unpaired) electrons. The molecule has 1 aromatic rings. The van der Waals surface area contributed by atoms with Crippen molar-refractivity contribution in [2.45, 2.75) is 0 Å². The summed E-state index contributed by atoms with van der Waals surface area (Å²) in [6.07, 6.45) is 3.39. The lowest BCUT2D eigenvalue weighted by Gasteiger charge is -2.15. The third-order valence-corrected chi connectivity index (χ3v) is 1.87. The fourth-order valence-electron chi connectivity index (χ4n) is 1.27. The lowest BCUT2D eigenvalue weighted by atomic mass is 10.4. The molecular weight excluding hydrogens is 166 g/mol. The van der Waals surface area contributed by atoms with Gasteiger partial charge in [0.2, 0.25) is 5.91 Å². The van der Waals surface area contributed by atoms with Crippen molar-refractivity contribution in [3.8, 4) is 0 Å². The van der Waals surface area contributed by atoms with Crippen molar-refractivity contribution in [2.75, 3.05) is 11.4 Å². The average Bonchev–Trinajstić information content (AvgIpc) is 2.47. The highest BCUT2D eigenvalue weighted by molar-refractivity contribution is 5.88. The van der Waals surface area contributed by atoms with Crippen LogP contribution >= 0.6 is 0 Å². The Labute approximate surface area is 75.9 Å². The second kappa shape index (κ2) is 2.90. The number of rotatable bonds is 1. The summed E-state index contributed by atoms with van der Waals surface area (Å²) >= 11 is 0. The van der Waals surface area contributed by atoms with Gasteiger partial charge in [-0.3, -0.25) is 9.78 Å². The molecule has 0 unspecified atom stereocenters. The lowest BCUT2D eigenvalue weighted by Crippen LogP contribution is -2.17. The molecule has 2 heterocycles. The number of carbonyl (C=O) groups is 1. The van der Waals surface area contributed by atoms with Gasteiger partial charge in [0.1, 0.15) is 12.4 Å². The van der Waals surface area contributed by atoms with E-state index in [-0.39, 0.29) is 5.91 Å². The number of anilines is 1. The van der Waals surface area contributed by atoms with Gasteiger partial charge in [-0.05, 0) is 12.1 Å². The normalized spacial score (nSPS) is 16.2. The van der Waals surface area contributed by atoms with E-state index in [2.05, 4.69) is 16.9 Å². The first-order chi connectivity index (χ1) is 6.27. The first kappa shape index (κ1) is 7.79. The Kier molecular flexibility index (Phi) is 1.73. The quantitative estimate of drug-likeness (QED) is 0.675. The second-order valence-corrected chi connectivity index (χ2v) is 2.79. The summed E-state index contributed by atoms with van der Waals surface area (Å²) < 4.78 is 0. The Balaban J connectivity index is 2.28. The van der Waals surface area contributed by atoms with E-state index in [1.165, 1.54) is 0 Å². The van der Waals surface area contributed by atoms with Crippen molar-refractivity contribution in [1.82, 2.24) is 10.3 Å². The number of pyridine rings is 1. The second-order valence-electron chi connectivity index (χ2n) is 2.79. The van der Waals surface area contributed by atoms with Crippen LogP contribution in [0.25, 0.3) is 0 Å². The fraction of sp³-hybridized carbons (Fsp3) is 0.111. The number of amides is 1. The Bertz CT molecular complexity index is 347. The Hall–Kier alpha value is -1.84. The Morgan fingerprint density at radius 2 is 2.46 bits per heavy atom. The first-order valence-corrected chi connectivity index (χ1v) is 3.94. The van der Waals surface area contributed by atoms with Crippen LogP contribution in [-0.2, 0) is 4.79 Å². The molecular formula is C9H9N3O. The number of hydrogen-bond acceptors (Lipinski definition) is 3. The van der Waals surface area contributed by atoms with Gasteiger partial charge in [-0.15, -0.1) is 0 Å². The molecule has 0 saturated carbocycles. The predicted octanol–water partition coefficient (Wildman–Crippen LogP) is 0.489. The van der Waals surface area contributed by atoms with Crippen molar-refractivity contribution in [1.29, 1.82) is 0 Å². The molecule has 4 heteroatoms. The SMILES string of the molecule is C=C1NC(=O)CN1c1cccnc1. The van der Waals surface area contributed by atoms with Crippen LogP contribution in [0, 0.1) is 0 Å². The zero-order valence-electron chi connectivity index (χ0n) is 7.03. The number of aromatic nitrogens is 1. The summed E-state index contributed by atoms with van der Waals surface area (Å²) in [7, 11) is 0. The molecule has 0 aromatic carbocycles. The van der Waals surface area contributed by atoms with E-state index in [1.54, 1.807) is 17.3 Å². The maximum absolute atomic E-state index is 11.0. The molecule has 1 aliphatic heterocycles. The van der Waals surface area contributed by atoms with Gasteiger partial charge in [0.05, 0.1) is 11.9 Å². The molecule has 0 spiro atoms. The zero-order valence-corrected chi connectivity index (χ0v) is 7.03. The van der Waals surface area contributed by atoms with E-state index < -0.39 is 0 Å². The molecule has 0 aliphatic carbocycles. The van der Waals surface area contributed by atoms with Crippen LogP contribution in [0.1, 0.15) is 0 Å². The monoisotopic (exact) mass is 175 g/mol. The smallest absolute Gasteiger partial charge is 0.245 e. The average molecular weight is 175 g/mol. The minimum absolute atomic E-state index is 0.0335. The topological polar surface area (TPSA) is 45.2 Å². The lowest BCUT2D eigenvalue weighted by molar-refractivity contribution is -0.117. The van der Waals surface area contributed by atoms with Gasteiger partial charge in [-0.2, -0.15) is 0 Å². The standard InChI is InChI=1S/C9H9N3O/c1-7-11-9(13)6-12(7)8-3-2-4-10-5-8/h2-5H,1,6H2,(H,11,13). The number of nitrogens with zero attached hydrogens (tertiary/aromatic N) is 2. The molecule has 1 aliphatic rings. The molecule has 13 heavy (non-hydrogen) atoms. The van der Waals surface area contributed by atoms with E-state index in [0.29, 0.717) is 12.4 Å². The molecule has 1 fully saturated rings. The highest BCUT2D eigenvalue weighted by atomic mass is 16.2. The fourth-order valence-corrected chi connectivity index (χ4v) is 1.27. The molecule has 66 valence electrons. The molecule has 1 amide bonds. The van der Waals surface area contributed by atoms with Crippen LogP contribution in [0.4, 0.5) is 5.69 Å². The van der Waals surface area contributed by atoms with Crippen molar-refractivity contribution in [3.63, 3.8) is 0 Å². The third-order valence-electron chi connectivity index (χ3n) is 1.87. The van der Waals surface area contributed by atoms with Gasteiger partial charge in [0.15, 0.2) is 0 Å². The van der Waals surface area contributed by atoms with Crippen LogP contribution < -0.4 is 10.2 Å². The van der Waals surface area contributed by atoms with Crippen molar-refractivity contribution >= 4 is 11.6 Å². The van der Waals surface area contributed by atoms with E-state index in [9.17, 15) is 4.79 Å². The first-order valence-electron chi connectivity index (χ1n) is 3.94. The van der Waals surface area contributed by atoms with Crippen LogP contribution in [0.2, 0.25) is 0 Å². The van der Waals surface area contributed by atoms with Gasteiger partial charge in [-0.25, -0.2) is 0 Å². The zero-order chi connectivity index (χ0) is 9.26. The number of nitrogens with one attached hydrogen (secondary N) is 1. The molecule has 1 saturated heterocycles. The highest BCUT2D eigenvalue weighted by Gasteiger charge is 2.22. The number of hydrogen-bond donors (Lipinski definition) is 1. The summed E-state index contributed by atoms with van der Waals surface area (Å²) in [5.74, 6) is 0.576. The van der Waals surface area contributed by atoms with Crippen molar-refractivity contribution in [3.05, 3.63) is 36.9 Å². The predicted molar refractivity (Wildman–Crippen MR) is 48.9 cm³/mol. The highest BCUT2D eigenvalue weighted by Crippen LogP contribution is 2.17. The van der Waals surface area contributed by atoms with Crippen molar-refractivity contribution < 1.29 is 4.79 Å². The third kappa shape index (κ3) is 1.38. The largest absolute Gasteiger partial charge is 0.317 e. The maximum Gasteiger partial charge on any atom is 0.245 e. The van der Waals surface area contributed by atoms with Gasteiger partial charge in [-0.1, -0.05) is 6.58 Å². The van der Waals surface area contributed by atoms with Crippen LogP contribution in [0.3, 0.4) is 0 Å². The Morgan fingerprint density at radius 1 is 1.62 bits per heavy atom. The minimum atomic E-state index is -0.0335. The van der Waals surface area contributed by atoms with Gasteiger partial charge in [0, 0.05) is 6.20 Å². The number of carbonyl (C=O) groups excluding carboxylic acids is 1. The summed E-state index contributed by atoms with van der Waals surface area (Å²) in [5.41, 5.74) is 0.880. The minimum Gasteiger partial charge on any atom is -0.317 e. The van der Waals surface area contributed by atoms with Crippen LogP contribution in [0.15, 0.2) is 36.9 Å². The van der Waals surface area contributed by atoms with Gasteiger partial charge in [0.25, 0.3) is 0 Å². The maximum atomic E-state index is 11.0. The molecule has 1 N–H and O–H groups in total. The van der Waals surface area contributed by atoms with Crippen molar-refractivity contribution in [2.24, 2.45) is 0 Å².